The second-order valence-electron chi connectivity index (χ2n) is 9.53. The molecule has 5 nitrogen and oxygen atoms in total. The molecular formula is C21H39F3N4O. The lowest BCUT2D eigenvalue weighted by Gasteiger charge is -2.40. The van der Waals surface area contributed by atoms with E-state index in [4.69, 9.17) is 4.74 Å². The molecule has 8 heteroatoms. The van der Waals surface area contributed by atoms with E-state index in [0.29, 0.717) is 19.0 Å². The molecule has 2 aliphatic heterocycles. The molecule has 0 aromatic rings. The van der Waals surface area contributed by atoms with Crippen molar-refractivity contribution in [3.63, 3.8) is 0 Å². The molecule has 0 aromatic heterocycles. The van der Waals surface area contributed by atoms with Crippen LogP contribution in [0.25, 0.3) is 0 Å². The van der Waals surface area contributed by atoms with Crippen LogP contribution in [0.2, 0.25) is 0 Å². The highest BCUT2D eigenvalue weighted by Crippen LogP contribution is 2.33. The summed E-state index contributed by atoms with van der Waals surface area (Å²) in [5.41, 5.74) is 0.0944. The van der Waals surface area contributed by atoms with E-state index in [1.165, 1.54) is 4.90 Å². The number of hydrogen-bond acceptors (Lipinski definition) is 3. The Morgan fingerprint density at radius 1 is 1.24 bits per heavy atom. The van der Waals surface area contributed by atoms with Gasteiger partial charge in [0.1, 0.15) is 0 Å². The molecule has 0 bridgehead atoms. The van der Waals surface area contributed by atoms with Crippen molar-refractivity contribution in [2.24, 2.45) is 22.2 Å². The maximum Gasteiger partial charge on any atom is 0.401 e. The van der Waals surface area contributed by atoms with Crippen LogP contribution in [0.4, 0.5) is 13.2 Å². The predicted octanol–water partition coefficient (Wildman–Crippen LogP) is 3.61. The second kappa shape index (κ2) is 10.3. The quantitative estimate of drug-likeness (QED) is 0.526. The first-order valence-corrected chi connectivity index (χ1v) is 10.9. The van der Waals surface area contributed by atoms with Gasteiger partial charge in [-0.3, -0.25) is 9.89 Å². The number of hydrogen-bond donors (Lipinski definition) is 1. The van der Waals surface area contributed by atoms with Crippen LogP contribution in [0.3, 0.4) is 0 Å². The number of guanidine groups is 1. The van der Waals surface area contributed by atoms with Gasteiger partial charge in [-0.1, -0.05) is 27.7 Å². The molecule has 0 amide bonds. The number of nitrogens with one attached hydrogen (secondary N) is 1. The van der Waals surface area contributed by atoms with Crippen LogP contribution in [-0.4, -0.2) is 81.0 Å². The Bertz CT molecular complexity index is 533. The van der Waals surface area contributed by atoms with Crippen molar-refractivity contribution < 1.29 is 17.9 Å². The summed E-state index contributed by atoms with van der Waals surface area (Å²) < 4.78 is 44.3. The zero-order chi connectivity index (χ0) is 21.7. The van der Waals surface area contributed by atoms with Crippen LogP contribution < -0.4 is 5.32 Å². The zero-order valence-electron chi connectivity index (χ0n) is 18.7. The molecule has 2 aliphatic rings. The molecule has 0 aliphatic carbocycles. The van der Waals surface area contributed by atoms with Gasteiger partial charge in [0.25, 0.3) is 0 Å². The molecule has 2 heterocycles. The van der Waals surface area contributed by atoms with Gasteiger partial charge in [-0.25, -0.2) is 0 Å². The zero-order valence-corrected chi connectivity index (χ0v) is 18.7. The Hall–Kier alpha value is -1.02. The van der Waals surface area contributed by atoms with E-state index >= 15 is 0 Å². The third-order valence-corrected chi connectivity index (χ3v) is 5.98. The minimum Gasteiger partial charge on any atom is -0.377 e. The normalized spacial score (nSPS) is 27.0. The number of likely N-dealkylation sites (tertiary alicyclic amines) is 1. The number of ether oxygens (including phenoxy) is 1. The number of rotatable bonds is 6. The molecule has 29 heavy (non-hydrogen) atoms. The maximum absolute atomic E-state index is 12.7. The van der Waals surface area contributed by atoms with Crippen LogP contribution in [0.5, 0.6) is 0 Å². The summed E-state index contributed by atoms with van der Waals surface area (Å²) in [5.74, 6) is 1.52. The van der Waals surface area contributed by atoms with Crippen molar-refractivity contribution in [1.82, 2.24) is 15.1 Å². The largest absolute Gasteiger partial charge is 0.401 e. The average molecular weight is 421 g/mol. The lowest BCUT2D eigenvalue weighted by molar-refractivity contribution is -0.146. The first-order valence-electron chi connectivity index (χ1n) is 10.9. The summed E-state index contributed by atoms with van der Waals surface area (Å²) >= 11 is 0. The molecule has 3 atom stereocenters. The summed E-state index contributed by atoms with van der Waals surface area (Å²) in [5, 5.41) is 3.51. The van der Waals surface area contributed by atoms with Crippen LogP contribution >= 0.6 is 0 Å². The molecule has 0 radical (unpaired) electrons. The Kier molecular flexibility index (Phi) is 8.64. The molecule has 2 rings (SSSR count). The van der Waals surface area contributed by atoms with Crippen molar-refractivity contribution >= 4 is 5.96 Å². The number of halogens is 3. The fraction of sp³-hybridized carbons (Fsp3) is 0.952. The molecule has 0 saturated carbocycles. The van der Waals surface area contributed by atoms with Gasteiger partial charge in [0.2, 0.25) is 0 Å². The summed E-state index contributed by atoms with van der Waals surface area (Å²) in [6.45, 7) is 11.7. The minimum atomic E-state index is -4.14. The van der Waals surface area contributed by atoms with Gasteiger partial charge in [0.15, 0.2) is 5.96 Å². The third kappa shape index (κ3) is 7.63. The van der Waals surface area contributed by atoms with Crippen LogP contribution in [0.15, 0.2) is 4.99 Å². The number of nitrogens with zero attached hydrogens (tertiary/aromatic N) is 3. The van der Waals surface area contributed by atoms with Crippen molar-refractivity contribution in [2.45, 2.75) is 59.2 Å². The van der Waals surface area contributed by atoms with E-state index < -0.39 is 12.7 Å². The highest BCUT2D eigenvalue weighted by molar-refractivity contribution is 5.80. The summed E-state index contributed by atoms with van der Waals surface area (Å²) in [6, 6.07) is 0. The standard InChI is InChI=1S/C21H39F3N4O/c1-6-27(15-21(22,23)24)13-16-9-10-28(14-16)19(25-5)26-12-17-8-7-11-29-18(17)20(2,3)4/h16-18H,6-15H2,1-5H3,(H,25,26). The highest BCUT2D eigenvalue weighted by atomic mass is 19.4. The van der Waals surface area contributed by atoms with E-state index in [-0.39, 0.29) is 17.4 Å². The predicted molar refractivity (Wildman–Crippen MR) is 111 cm³/mol. The summed E-state index contributed by atoms with van der Waals surface area (Å²) in [4.78, 5) is 8.11. The van der Waals surface area contributed by atoms with Crippen LogP contribution in [0.1, 0.15) is 47.0 Å². The number of aliphatic imine (C=N–C) groups is 1. The first-order chi connectivity index (χ1) is 13.5. The van der Waals surface area contributed by atoms with Gasteiger partial charge < -0.3 is 15.0 Å². The van der Waals surface area contributed by atoms with E-state index in [1.807, 2.05) is 0 Å². The fourth-order valence-electron chi connectivity index (χ4n) is 4.66. The average Bonchev–Trinajstić information content (AvgIpc) is 3.08. The van der Waals surface area contributed by atoms with E-state index in [9.17, 15) is 13.2 Å². The van der Waals surface area contributed by atoms with E-state index in [2.05, 4.69) is 36.0 Å². The third-order valence-electron chi connectivity index (χ3n) is 5.98. The Balaban J connectivity index is 1.86. The summed E-state index contributed by atoms with van der Waals surface area (Å²) in [6.07, 6.45) is -0.815. The lowest BCUT2D eigenvalue weighted by Crippen LogP contribution is -2.48. The molecule has 2 saturated heterocycles. The topological polar surface area (TPSA) is 40.1 Å². The molecular weight excluding hydrogens is 381 g/mol. The number of alkyl halides is 3. The van der Waals surface area contributed by atoms with Crippen molar-refractivity contribution in [2.75, 3.05) is 52.9 Å². The molecule has 1 N–H and O–H groups in total. The lowest BCUT2D eigenvalue weighted by atomic mass is 9.78. The highest BCUT2D eigenvalue weighted by Gasteiger charge is 2.36. The second-order valence-corrected chi connectivity index (χ2v) is 9.53. The Labute approximate surface area is 174 Å². The monoisotopic (exact) mass is 420 g/mol. The van der Waals surface area contributed by atoms with Gasteiger partial charge in [-0.05, 0) is 37.1 Å². The van der Waals surface area contributed by atoms with Crippen LogP contribution in [0, 0.1) is 17.3 Å². The molecule has 3 unspecified atom stereocenters. The van der Waals surface area contributed by atoms with Gasteiger partial charge >= 0.3 is 6.18 Å². The maximum atomic E-state index is 12.7. The molecule has 170 valence electrons. The van der Waals surface area contributed by atoms with Gasteiger partial charge in [0, 0.05) is 45.8 Å². The van der Waals surface area contributed by atoms with E-state index in [1.54, 1.807) is 14.0 Å². The van der Waals surface area contributed by atoms with Crippen molar-refractivity contribution in [3.05, 3.63) is 0 Å². The minimum absolute atomic E-state index is 0.0944. The Morgan fingerprint density at radius 2 is 1.97 bits per heavy atom. The van der Waals surface area contributed by atoms with Gasteiger partial charge in [0.05, 0.1) is 12.6 Å². The SMILES string of the molecule is CCN(CC1CCN(C(=NC)NCC2CCCOC2C(C)(C)C)C1)CC(F)(F)F. The molecule has 0 spiro atoms. The van der Waals surface area contributed by atoms with Gasteiger partial charge in [-0.2, -0.15) is 13.2 Å². The van der Waals surface area contributed by atoms with Gasteiger partial charge in [-0.15, -0.1) is 0 Å². The summed E-state index contributed by atoms with van der Waals surface area (Å²) in [7, 11) is 1.77. The first kappa shape index (κ1) is 24.3. The molecule has 0 aromatic carbocycles. The smallest absolute Gasteiger partial charge is 0.377 e. The van der Waals surface area contributed by atoms with Crippen LogP contribution in [-0.2, 0) is 4.74 Å². The van der Waals surface area contributed by atoms with E-state index in [0.717, 1.165) is 51.5 Å². The molecule has 2 fully saturated rings. The fourth-order valence-corrected chi connectivity index (χ4v) is 4.66. The van der Waals surface area contributed by atoms with Crippen molar-refractivity contribution in [3.8, 4) is 0 Å². The Morgan fingerprint density at radius 3 is 2.55 bits per heavy atom. The van der Waals surface area contributed by atoms with Crippen molar-refractivity contribution in [1.29, 1.82) is 0 Å².